The summed E-state index contributed by atoms with van der Waals surface area (Å²) in [5.74, 6) is 0.269. The molecule has 1 aromatic heterocycles. The van der Waals surface area contributed by atoms with Gasteiger partial charge in [0.2, 0.25) is 0 Å². The lowest BCUT2D eigenvalue weighted by molar-refractivity contribution is 0.526. The number of anilines is 2. The van der Waals surface area contributed by atoms with Crippen molar-refractivity contribution in [2.75, 3.05) is 24.1 Å². The molecule has 0 spiro atoms. The van der Waals surface area contributed by atoms with Gasteiger partial charge in [-0.15, -0.1) is 0 Å². The van der Waals surface area contributed by atoms with Crippen LogP contribution in [0.1, 0.15) is 5.56 Å². The maximum atomic E-state index is 11.7. The summed E-state index contributed by atoms with van der Waals surface area (Å²) < 4.78 is 26.8. The molecule has 22 heavy (non-hydrogen) atoms. The van der Waals surface area contributed by atoms with Crippen LogP contribution < -0.4 is 10.0 Å². The summed E-state index contributed by atoms with van der Waals surface area (Å²) in [6, 6.07) is 10.9. The van der Waals surface area contributed by atoms with Gasteiger partial charge in [0.1, 0.15) is 5.82 Å². The molecule has 0 aliphatic heterocycles. The molecule has 2 rings (SSSR count). The number of aromatic nitrogens is 1. The molecule has 0 atom stereocenters. The van der Waals surface area contributed by atoms with Gasteiger partial charge >= 0.3 is 10.2 Å². The molecule has 0 aliphatic carbocycles. The molecule has 0 fully saturated rings. The molecule has 0 saturated carbocycles. The zero-order valence-electron chi connectivity index (χ0n) is 12.2. The van der Waals surface area contributed by atoms with Crippen LogP contribution in [0.25, 0.3) is 0 Å². The number of benzene rings is 1. The molecule has 1 heterocycles. The van der Waals surface area contributed by atoms with Gasteiger partial charge in [0, 0.05) is 25.7 Å². The summed E-state index contributed by atoms with van der Waals surface area (Å²) in [4.78, 5) is 4.07. The monoisotopic (exact) mass is 340 g/mol. The average Bonchev–Trinajstić information content (AvgIpc) is 2.48. The lowest BCUT2D eigenvalue weighted by Gasteiger charge is -2.13. The number of hydrogen-bond donors (Lipinski definition) is 2. The number of nitrogens with one attached hydrogen (secondary N) is 2. The van der Waals surface area contributed by atoms with E-state index in [9.17, 15) is 8.42 Å². The van der Waals surface area contributed by atoms with E-state index in [0.29, 0.717) is 11.6 Å². The van der Waals surface area contributed by atoms with Gasteiger partial charge in [0.05, 0.1) is 11.9 Å². The minimum Gasteiger partial charge on any atom is -0.380 e. The van der Waals surface area contributed by atoms with Gasteiger partial charge in [0.25, 0.3) is 0 Å². The number of hydrogen-bond acceptors (Lipinski definition) is 4. The topological polar surface area (TPSA) is 74.3 Å². The standard InChI is InChI=1S/C14H17ClN4O2S/c1-19(2)22(20,21)18-14-8-7-13(10-17-14)16-9-11-3-5-12(15)6-4-11/h3-8,10,16H,9H2,1-2H3,(H,17,18). The zero-order chi connectivity index (χ0) is 16.2. The van der Waals surface area contributed by atoms with Crippen LogP contribution in [0.4, 0.5) is 11.5 Å². The minimum atomic E-state index is -3.54. The molecule has 6 nitrogen and oxygen atoms in total. The fourth-order valence-electron chi connectivity index (χ4n) is 1.59. The molecule has 118 valence electrons. The first-order valence-electron chi connectivity index (χ1n) is 6.51. The van der Waals surface area contributed by atoms with Gasteiger partial charge in [-0.05, 0) is 29.8 Å². The number of rotatable bonds is 6. The summed E-state index contributed by atoms with van der Waals surface area (Å²) in [5.41, 5.74) is 1.88. The first-order valence-corrected chi connectivity index (χ1v) is 8.33. The molecule has 0 bridgehead atoms. The van der Waals surface area contributed by atoms with Crippen molar-refractivity contribution in [3.8, 4) is 0 Å². The minimum absolute atomic E-state index is 0.269. The van der Waals surface area contributed by atoms with Crippen molar-refractivity contribution in [3.05, 3.63) is 53.2 Å². The number of halogens is 1. The Kier molecular flexibility index (Phi) is 5.23. The van der Waals surface area contributed by atoms with Crippen LogP contribution in [0.15, 0.2) is 42.6 Å². The Hall–Kier alpha value is -1.83. The van der Waals surface area contributed by atoms with E-state index in [0.717, 1.165) is 15.6 Å². The molecule has 0 amide bonds. The van der Waals surface area contributed by atoms with E-state index in [1.54, 1.807) is 18.3 Å². The zero-order valence-corrected chi connectivity index (χ0v) is 13.8. The second-order valence-electron chi connectivity index (χ2n) is 4.80. The van der Waals surface area contributed by atoms with Crippen molar-refractivity contribution in [2.45, 2.75) is 6.54 Å². The molecular weight excluding hydrogens is 324 g/mol. The average molecular weight is 341 g/mol. The highest BCUT2D eigenvalue weighted by atomic mass is 35.5. The van der Waals surface area contributed by atoms with E-state index in [-0.39, 0.29) is 5.82 Å². The number of pyridine rings is 1. The van der Waals surface area contributed by atoms with Crippen LogP contribution in [0.3, 0.4) is 0 Å². The molecule has 0 aliphatic rings. The first kappa shape index (κ1) is 16.5. The van der Waals surface area contributed by atoms with Crippen LogP contribution in [0, 0.1) is 0 Å². The maximum Gasteiger partial charge on any atom is 0.302 e. The van der Waals surface area contributed by atoms with E-state index in [1.807, 2.05) is 24.3 Å². The predicted molar refractivity (Wildman–Crippen MR) is 89.2 cm³/mol. The van der Waals surface area contributed by atoms with Gasteiger partial charge in [-0.2, -0.15) is 12.7 Å². The van der Waals surface area contributed by atoms with E-state index in [4.69, 9.17) is 11.6 Å². The van der Waals surface area contributed by atoms with Gasteiger partial charge in [-0.25, -0.2) is 4.98 Å². The highest BCUT2D eigenvalue weighted by molar-refractivity contribution is 7.90. The maximum absolute atomic E-state index is 11.7. The van der Waals surface area contributed by atoms with E-state index in [1.165, 1.54) is 14.1 Å². The van der Waals surface area contributed by atoms with Crippen LogP contribution in [-0.4, -0.2) is 31.8 Å². The Balaban J connectivity index is 1.96. The summed E-state index contributed by atoms with van der Waals surface area (Å²) in [6.07, 6.45) is 1.57. The van der Waals surface area contributed by atoms with Crippen molar-refractivity contribution in [3.63, 3.8) is 0 Å². The fraction of sp³-hybridized carbons (Fsp3) is 0.214. The Morgan fingerprint density at radius 3 is 2.36 bits per heavy atom. The van der Waals surface area contributed by atoms with Crippen molar-refractivity contribution < 1.29 is 8.42 Å². The summed E-state index contributed by atoms with van der Waals surface area (Å²) >= 11 is 5.83. The van der Waals surface area contributed by atoms with Gasteiger partial charge in [-0.3, -0.25) is 4.72 Å². The van der Waals surface area contributed by atoms with E-state index >= 15 is 0 Å². The Morgan fingerprint density at radius 1 is 1.14 bits per heavy atom. The molecule has 2 aromatic rings. The Morgan fingerprint density at radius 2 is 1.82 bits per heavy atom. The highest BCUT2D eigenvalue weighted by Crippen LogP contribution is 2.14. The van der Waals surface area contributed by atoms with Crippen LogP contribution in [0.5, 0.6) is 0 Å². The smallest absolute Gasteiger partial charge is 0.302 e. The second-order valence-corrected chi connectivity index (χ2v) is 7.12. The van der Waals surface area contributed by atoms with Gasteiger partial charge in [-0.1, -0.05) is 23.7 Å². The summed E-state index contributed by atoms with van der Waals surface area (Å²) in [6.45, 7) is 0.627. The highest BCUT2D eigenvalue weighted by Gasteiger charge is 2.13. The Bertz CT molecular complexity index is 716. The third-order valence-corrected chi connectivity index (χ3v) is 4.57. The molecule has 1 aromatic carbocycles. The molecule has 2 N–H and O–H groups in total. The normalized spacial score (nSPS) is 11.5. The van der Waals surface area contributed by atoms with Crippen LogP contribution >= 0.6 is 11.6 Å². The van der Waals surface area contributed by atoms with Gasteiger partial charge < -0.3 is 5.32 Å². The van der Waals surface area contributed by atoms with Crippen molar-refractivity contribution >= 4 is 33.3 Å². The molecule has 0 saturated heterocycles. The van der Waals surface area contributed by atoms with Crippen molar-refractivity contribution in [1.29, 1.82) is 0 Å². The Labute approximate surface area is 135 Å². The van der Waals surface area contributed by atoms with Gasteiger partial charge in [0.15, 0.2) is 0 Å². The van der Waals surface area contributed by atoms with E-state index < -0.39 is 10.2 Å². The largest absolute Gasteiger partial charge is 0.380 e. The quantitative estimate of drug-likeness (QED) is 0.847. The van der Waals surface area contributed by atoms with E-state index in [2.05, 4.69) is 15.0 Å². The molecule has 0 unspecified atom stereocenters. The third kappa shape index (κ3) is 4.59. The third-order valence-electron chi connectivity index (χ3n) is 2.89. The van der Waals surface area contributed by atoms with Crippen LogP contribution in [-0.2, 0) is 16.8 Å². The molecule has 8 heteroatoms. The second kappa shape index (κ2) is 6.95. The molecule has 0 radical (unpaired) electrons. The lowest BCUT2D eigenvalue weighted by atomic mass is 10.2. The SMILES string of the molecule is CN(C)S(=O)(=O)Nc1ccc(NCc2ccc(Cl)cc2)cn1. The number of nitrogens with zero attached hydrogens (tertiary/aromatic N) is 2. The predicted octanol–water partition coefficient (Wildman–Crippen LogP) is 2.57. The van der Waals surface area contributed by atoms with Crippen molar-refractivity contribution in [2.24, 2.45) is 0 Å². The molecular formula is C14H17ClN4O2S. The lowest BCUT2D eigenvalue weighted by Crippen LogP contribution is -2.29. The van der Waals surface area contributed by atoms with Crippen LogP contribution in [0.2, 0.25) is 5.02 Å². The van der Waals surface area contributed by atoms with Crippen molar-refractivity contribution in [1.82, 2.24) is 9.29 Å². The first-order chi connectivity index (χ1) is 10.4. The summed E-state index contributed by atoms with van der Waals surface area (Å²) in [5, 5.41) is 3.90. The fourth-order valence-corrected chi connectivity index (χ4v) is 2.28. The summed E-state index contributed by atoms with van der Waals surface area (Å²) in [7, 11) is -0.638.